The fourth-order valence-corrected chi connectivity index (χ4v) is 3.57. The van der Waals surface area contributed by atoms with Crippen molar-refractivity contribution in [3.8, 4) is 5.75 Å². The van der Waals surface area contributed by atoms with Crippen molar-refractivity contribution in [2.24, 2.45) is 0 Å². The number of carbonyl (C=O) groups excluding carboxylic acids is 2. The Labute approximate surface area is 184 Å². The molecule has 4 rings (SSSR count). The molecule has 1 atom stereocenters. The maximum atomic E-state index is 12.7. The highest BCUT2D eigenvalue weighted by molar-refractivity contribution is 5.93. The average molecular weight is 437 g/mol. The number of esters is 1. The molecule has 0 spiro atoms. The molecule has 1 fully saturated rings. The molecule has 1 aromatic heterocycles. The number of anilines is 1. The van der Waals surface area contributed by atoms with Crippen molar-refractivity contribution in [1.29, 1.82) is 0 Å². The maximum absolute atomic E-state index is 12.7. The number of para-hydroxylation sites is 1. The van der Waals surface area contributed by atoms with Crippen molar-refractivity contribution in [3.63, 3.8) is 0 Å². The van der Waals surface area contributed by atoms with E-state index in [0.717, 1.165) is 19.4 Å². The van der Waals surface area contributed by atoms with E-state index in [4.69, 9.17) is 18.6 Å². The lowest BCUT2D eigenvalue weighted by molar-refractivity contribution is -0.114. The SMILES string of the molecule is CC(=O)Nc1ccc2c(COC(=O)c3ccccc3OCC3CCCO3)cc(=O)oc2c1. The normalized spacial score (nSPS) is 15.5. The van der Waals surface area contributed by atoms with Gasteiger partial charge in [-0.2, -0.15) is 0 Å². The van der Waals surface area contributed by atoms with E-state index >= 15 is 0 Å². The summed E-state index contributed by atoms with van der Waals surface area (Å²) in [6.45, 7) is 2.35. The van der Waals surface area contributed by atoms with E-state index in [1.807, 2.05) is 0 Å². The molecule has 0 aliphatic carbocycles. The summed E-state index contributed by atoms with van der Waals surface area (Å²) in [6, 6.07) is 13.1. The molecular formula is C24H23NO7. The minimum atomic E-state index is -0.580. The van der Waals surface area contributed by atoms with E-state index in [9.17, 15) is 14.4 Å². The van der Waals surface area contributed by atoms with E-state index in [1.54, 1.807) is 42.5 Å². The smallest absolute Gasteiger partial charge is 0.342 e. The molecule has 3 aromatic rings. The summed E-state index contributed by atoms with van der Waals surface area (Å²) in [7, 11) is 0. The van der Waals surface area contributed by atoms with E-state index in [2.05, 4.69) is 5.32 Å². The molecule has 2 aromatic carbocycles. The monoisotopic (exact) mass is 437 g/mol. The fourth-order valence-electron chi connectivity index (χ4n) is 3.57. The predicted molar refractivity (Wildman–Crippen MR) is 117 cm³/mol. The minimum Gasteiger partial charge on any atom is -0.490 e. The van der Waals surface area contributed by atoms with Crippen molar-refractivity contribution in [1.82, 2.24) is 0 Å². The van der Waals surface area contributed by atoms with Crippen molar-refractivity contribution in [2.45, 2.75) is 32.5 Å². The van der Waals surface area contributed by atoms with Gasteiger partial charge in [0.15, 0.2) is 0 Å². The molecule has 166 valence electrons. The Kier molecular flexibility index (Phi) is 6.51. The summed E-state index contributed by atoms with van der Waals surface area (Å²) in [5.74, 6) is -0.383. The predicted octanol–water partition coefficient (Wildman–Crippen LogP) is 3.67. The molecule has 1 unspecified atom stereocenters. The number of hydrogen-bond acceptors (Lipinski definition) is 7. The molecular weight excluding hydrogens is 414 g/mol. The Morgan fingerprint density at radius 3 is 2.78 bits per heavy atom. The number of benzene rings is 2. The van der Waals surface area contributed by atoms with Gasteiger partial charge in [-0.3, -0.25) is 4.79 Å². The molecule has 0 radical (unpaired) electrons. The standard InChI is InChI=1S/C24H23NO7/c1-15(26)25-17-8-9-19-16(11-23(27)32-22(19)12-17)13-31-24(28)20-6-2-3-7-21(20)30-14-18-5-4-10-29-18/h2-3,6-9,11-12,18H,4-5,10,13-14H2,1H3,(H,25,26). The van der Waals surface area contributed by atoms with Gasteiger partial charge in [-0.1, -0.05) is 12.1 Å². The molecule has 1 saturated heterocycles. The molecule has 2 heterocycles. The van der Waals surface area contributed by atoms with Gasteiger partial charge in [0.2, 0.25) is 5.91 Å². The van der Waals surface area contributed by atoms with E-state index in [-0.39, 0.29) is 24.2 Å². The number of ether oxygens (including phenoxy) is 3. The molecule has 8 nitrogen and oxygen atoms in total. The average Bonchev–Trinajstić information content (AvgIpc) is 3.29. The molecule has 32 heavy (non-hydrogen) atoms. The first-order valence-corrected chi connectivity index (χ1v) is 10.3. The van der Waals surface area contributed by atoms with Crippen LogP contribution in [0.1, 0.15) is 35.7 Å². The Hall–Kier alpha value is -3.65. The second kappa shape index (κ2) is 9.65. The zero-order valence-corrected chi connectivity index (χ0v) is 17.6. The highest BCUT2D eigenvalue weighted by Crippen LogP contribution is 2.24. The van der Waals surface area contributed by atoms with Gasteiger partial charge in [-0.05, 0) is 37.1 Å². The van der Waals surface area contributed by atoms with Crippen LogP contribution >= 0.6 is 0 Å². The minimum absolute atomic E-state index is 0.0244. The lowest BCUT2D eigenvalue weighted by Crippen LogP contribution is -2.18. The summed E-state index contributed by atoms with van der Waals surface area (Å²) >= 11 is 0. The van der Waals surface area contributed by atoms with Gasteiger partial charge in [-0.15, -0.1) is 0 Å². The first-order chi connectivity index (χ1) is 15.5. The Morgan fingerprint density at radius 1 is 1.16 bits per heavy atom. The van der Waals surface area contributed by atoms with Crippen molar-refractivity contribution in [2.75, 3.05) is 18.5 Å². The third-order valence-corrected chi connectivity index (χ3v) is 5.07. The molecule has 1 aliphatic heterocycles. The van der Waals surface area contributed by atoms with Crippen LogP contribution in [0.2, 0.25) is 0 Å². The summed E-state index contributed by atoms with van der Waals surface area (Å²) in [5.41, 5.74) is 1.00. The maximum Gasteiger partial charge on any atom is 0.342 e. The zero-order chi connectivity index (χ0) is 22.5. The Balaban J connectivity index is 1.49. The van der Waals surface area contributed by atoms with Gasteiger partial charge in [0, 0.05) is 42.3 Å². The number of nitrogens with one attached hydrogen (secondary N) is 1. The lowest BCUT2D eigenvalue weighted by atomic mass is 10.1. The van der Waals surface area contributed by atoms with Gasteiger partial charge in [0.25, 0.3) is 0 Å². The van der Waals surface area contributed by atoms with Crippen LogP contribution in [0.4, 0.5) is 5.69 Å². The molecule has 1 amide bonds. The third kappa shape index (κ3) is 5.15. The Bertz CT molecular complexity index is 1190. The third-order valence-electron chi connectivity index (χ3n) is 5.07. The van der Waals surface area contributed by atoms with Gasteiger partial charge in [-0.25, -0.2) is 9.59 Å². The van der Waals surface area contributed by atoms with Crippen LogP contribution < -0.4 is 15.7 Å². The van der Waals surface area contributed by atoms with Crippen LogP contribution in [-0.2, 0) is 20.9 Å². The molecule has 8 heteroatoms. The number of rotatable bonds is 7. The molecule has 1 aliphatic rings. The van der Waals surface area contributed by atoms with Crippen LogP contribution in [0.5, 0.6) is 5.75 Å². The number of hydrogen-bond donors (Lipinski definition) is 1. The van der Waals surface area contributed by atoms with Crippen molar-refractivity contribution >= 4 is 28.5 Å². The molecule has 0 bridgehead atoms. The summed E-state index contributed by atoms with van der Waals surface area (Å²) in [5, 5.41) is 3.24. The van der Waals surface area contributed by atoms with Gasteiger partial charge >= 0.3 is 11.6 Å². The summed E-state index contributed by atoms with van der Waals surface area (Å²) in [4.78, 5) is 36.0. The lowest BCUT2D eigenvalue weighted by Gasteiger charge is -2.14. The highest BCUT2D eigenvalue weighted by Gasteiger charge is 2.19. The first kappa shape index (κ1) is 21.6. The van der Waals surface area contributed by atoms with Crippen LogP contribution in [0.15, 0.2) is 57.7 Å². The number of carbonyl (C=O) groups is 2. The summed E-state index contributed by atoms with van der Waals surface area (Å²) in [6.07, 6.45) is 1.96. The second-order valence-electron chi connectivity index (χ2n) is 7.50. The van der Waals surface area contributed by atoms with E-state index in [0.29, 0.717) is 34.6 Å². The second-order valence-corrected chi connectivity index (χ2v) is 7.50. The van der Waals surface area contributed by atoms with Gasteiger partial charge in [0.1, 0.15) is 30.1 Å². The first-order valence-electron chi connectivity index (χ1n) is 10.3. The summed E-state index contributed by atoms with van der Waals surface area (Å²) < 4.78 is 22.1. The van der Waals surface area contributed by atoms with Crippen LogP contribution in [0.3, 0.4) is 0 Å². The van der Waals surface area contributed by atoms with E-state index < -0.39 is 11.6 Å². The number of amides is 1. The molecule has 0 saturated carbocycles. The quantitative estimate of drug-likeness (QED) is 0.444. The number of fused-ring (bicyclic) bond motifs is 1. The Morgan fingerprint density at radius 2 is 2.00 bits per heavy atom. The van der Waals surface area contributed by atoms with Crippen molar-refractivity contribution in [3.05, 3.63) is 70.1 Å². The van der Waals surface area contributed by atoms with Gasteiger partial charge < -0.3 is 23.9 Å². The van der Waals surface area contributed by atoms with Gasteiger partial charge in [0.05, 0.1) is 6.10 Å². The van der Waals surface area contributed by atoms with Crippen LogP contribution in [0, 0.1) is 0 Å². The topological polar surface area (TPSA) is 104 Å². The van der Waals surface area contributed by atoms with Crippen molar-refractivity contribution < 1.29 is 28.2 Å². The van der Waals surface area contributed by atoms with E-state index in [1.165, 1.54) is 13.0 Å². The van der Waals surface area contributed by atoms with Crippen LogP contribution in [0.25, 0.3) is 11.0 Å². The molecule has 1 N–H and O–H groups in total. The highest BCUT2D eigenvalue weighted by atomic mass is 16.5. The largest absolute Gasteiger partial charge is 0.490 e. The van der Waals surface area contributed by atoms with Crippen LogP contribution in [-0.4, -0.2) is 31.2 Å². The zero-order valence-electron chi connectivity index (χ0n) is 17.6. The fraction of sp³-hybridized carbons (Fsp3) is 0.292.